The molecule has 0 aliphatic carbocycles. The van der Waals surface area contributed by atoms with Crippen LogP contribution in [-0.4, -0.2) is 50.6 Å². The average molecular weight is 439 g/mol. The summed E-state index contributed by atoms with van der Waals surface area (Å²) in [6.07, 6.45) is 2.22. The Labute approximate surface area is 190 Å². The number of benzene rings is 2. The first-order chi connectivity index (χ1) is 15.6. The van der Waals surface area contributed by atoms with Crippen LogP contribution in [0.25, 0.3) is 0 Å². The van der Waals surface area contributed by atoms with Crippen LogP contribution in [0.2, 0.25) is 0 Å². The van der Waals surface area contributed by atoms with Gasteiger partial charge in [-0.2, -0.15) is 0 Å². The highest BCUT2D eigenvalue weighted by Crippen LogP contribution is 2.25. The van der Waals surface area contributed by atoms with Gasteiger partial charge in [-0.05, 0) is 43.0 Å². The van der Waals surface area contributed by atoms with Crippen LogP contribution in [0.4, 0.5) is 0 Å². The summed E-state index contributed by atoms with van der Waals surface area (Å²) in [5.41, 5.74) is 3.60. The van der Waals surface area contributed by atoms with Crippen molar-refractivity contribution in [2.75, 3.05) is 33.9 Å². The van der Waals surface area contributed by atoms with Gasteiger partial charge in [0.25, 0.3) is 0 Å². The minimum atomic E-state index is 0.214. The summed E-state index contributed by atoms with van der Waals surface area (Å²) < 4.78 is 10.7. The monoisotopic (exact) mass is 438 g/mol. The zero-order valence-electron chi connectivity index (χ0n) is 19.3. The Kier molecular flexibility index (Phi) is 8.78. The molecule has 32 heavy (non-hydrogen) atoms. The number of ether oxygens (including phenoxy) is 2. The van der Waals surface area contributed by atoms with Crippen molar-refractivity contribution in [1.82, 2.24) is 15.5 Å². The van der Waals surface area contributed by atoms with Crippen molar-refractivity contribution in [1.29, 1.82) is 0 Å². The Morgan fingerprint density at radius 3 is 2.66 bits per heavy atom. The van der Waals surface area contributed by atoms with Crippen molar-refractivity contribution < 1.29 is 14.3 Å². The van der Waals surface area contributed by atoms with E-state index < -0.39 is 0 Å². The number of hydrogen-bond acceptors (Lipinski definition) is 4. The third kappa shape index (κ3) is 6.39. The third-order valence-electron chi connectivity index (χ3n) is 5.59. The molecule has 2 aromatic rings. The zero-order valence-corrected chi connectivity index (χ0v) is 19.3. The summed E-state index contributed by atoms with van der Waals surface area (Å²) in [4.78, 5) is 19.3. The van der Waals surface area contributed by atoms with Gasteiger partial charge in [0.1, 0.15) is 11.5 Å². The van der Waals surface area contributed by atoms with Gasteiger partial charge in [0, 0.05) is 44.2 Å². The van der Waals surface area contributed by atoms with Crippen molar-refractivity contribution in [3.8, 4) is 11.5 Å². The molecule has 2 aromatic carbocycles. The maximum absolute atomic E-state index is 12.6. The number of hydrogen-bond donors (Lipinski definition) is 2. The second-order valence-electron chi connectivity index (χ2n) is 7.74. The Hall–Kier alpha value is -3.22. The molecular weight excluding hydrogens is 404 g/mol. The van der Waals surface area contributed by atoms with Crippen LogP contribution in [0, 0.1) is 0 Å². The van der Waals surface area contributed by atoms with Gasteiger partial charge in [-0.3, -0.25) is 4.79 Å². The highest BCUT2D eigenvalue weighted by molar-refractivity contribution is 5.80. The van der Waals surface area contributed by atoms with Crippen LogP contribution >= 0.6 is 0 Å². The largest absolute Gasteiger partial charge is 0.497 e. The van der Waals surface area contributed by atoms with Crippen LogP contribution in [0.1, 0.15) is 36.5 Å². The summed E-state index contributed by atoms with van der Waals surface area (Å²) in [6.45, 7) is 5.48. The number of fused-ring (bicyclic) bond motifs is 1. The van der Waals surface area contributed by atoms with Gasteiger partial charge in [-0.1, -0.05) is 24.3 Å². The number of amides is 1. The number of nitrogens with one attached hydrogen (secondary N) is 2. The second-order valence-corrected chi connectivity index (χ2v) is 7.74. The molecule has 3 rings (SSSR count). The number of carbonyl (C=O) groups is 1. The lowest BCUT2D eigenvalue weighted by Crippen LogP contribution is -2.39. The van der Waals surface area contributed by atoms with Gasteiger partial charge >= 0.3 is 0 Å². The van der Waals surface area contributed by atoms with Crippen LogP contribution in [0.15, 0.2) is 47.5 Å². The van der Waals surface area contributed by atoms with E-state index in [1.165, 1.54) is 11.1 Å². The molecule has 0 aromatic heterocycles. The van der Waals surface area contributed by atoms with E-state index in [0.717, 1.165) is 55.5 Å². The predicted octanol–water partition coefficient (Wildman–Crippen LogP) is 3.12. The maximum Gasteiger partial charge on any atom is 0.222 e. The molecule has 1 aliphatic heterocycles. The van der Waals surface area contributed by atoms with Gasteiger partial charge in [0.05, 0.1) is 20.8 Å². The number of methoxy groups -OCH3 is 2. The number of guanidine groups is 1. The lowest BCUT2D eigenvalue weighted by molar-refractivity contribution is -0.132. The number of nitrogens with zero attached hydrogens (tertiary/aromatic N) is 2. The molecule has 0 saturated heterocycles. The van der Waals surface area contributed by atoms with Gasteiger partial charge in [0.15, 0.2) is 5.96 Å². The molecule has 172 valence electrons. The van der Waals surface area contributed by atoms with Crippen molar-refractivity contribution in [2.45, 2.75) is 39.3 Å². The molecule has 0 unspecified atom stereocenters. The minimum Gasteiger partial charge on any atom is -0.497 e. The minimum absolute atomic E-state index is 0.214. The third-order valence-corrected chi connectivity index (χ3v) is 5.59. The predicted molar refractivity (Wildman–Crippen MR) is 127 cm³/mol. The number of rotatable bonds is 9. The Morgan fingerprint density at radius 2 is 1.91 bits per heavy atom. The maximum atomic E-state index is 12.6. The van der Waals surface area contributed by atoms with E-state index in [9.17, 15) is 4.79 Å². The number of carbonyl (C=O) groups excluding carboxylic acids is 1. The molecule has 1 heterocycles. The smallest absolute Gasteiger partial charge is 0.222 e. The fourth-order valence-electron chi connectivity index (χ4n) is 3.80. The first-order valence-corrected chi connectivity index (χ1v) is 11.2. The van der Waals surface area contributed by atoms with E-state index >= 15 is 0 Å². The van der Waals surface area contributed by atoms with Crippen molar-refractivity contribution >= 4 is 11.9 Å². The van der Waals surface area contributed by atoms with E-state index in [0.29, 0.717) is 19.5 Å². The summed E-state index contributed by atoms with van der Waals surface area (Å²) in [6, 6.07) is 14.1. The molecule has 0 atom stereocenters. The zero-order chi connectivity index (χ0) is 22.8. The normalized spacial score (nSPS) is 13.3. The average Bonchev–Trinajstić information content (AvgIpc) is 2.84. The molecular formula is C25H34N4O3. The summed E-state index contributed by atoms with van der Waals surface area (Å²) in [7, 11) is 3.28. The van der Waals surface area contributed by atoms with Gasteiger partial charge < -0.3 is 25.0 Å². The van der Waals surface area contributed by atoms with Crippen molar-refractivity contribution in [2.24, 2.45) is 4.99 Å². The number of aliphatic imine (C=N–C) groups is 1. The second kappa shape index (κ2) is 12.0. The standard InChI is InChI=1S/C25H34N4O3/c1-4-26-25(28-17-20-11-12-22(31-2)16-23(20)32-3)27-14-7-10-24(30)29-15-13-19-8-5-6-9-21(19)18-29/h5-6,8-9,11-12,16H,4,7,10,13-15,17-18H2,1-3H3,(H2,26,27,28). The van der Waals surface area contributed by atoms with Gasteiger partial charge in [-0.15, -0.1) is 0 Å². The van der Waals surface area contributed by atoms with Crippen LogP contribution in [0.5, 0.6) is 11.5 Å². The summed E-state index contributed by atoms with van der Waals surface area (Å²) in [5, 5.41) is 6.58. The van der Waals surface area contributed by atoms with Crippen molar-refractivity contribution in [3.05, 3.63) is 59.2 Å². The fourth-order valence-corrected chi connectivity index (χ4v) is 3.80. The molecule has 0 fully saturated rings. The quantitative estimate of drug-likeness (QED) is 0.357. The topological polar surface area (TPSA) is 75.2 Å². The van der Waals surface area contributed by atoms with E-state index in [1.54, 1.807) is 14.2 Å². The Balaban J connectivity index is 1.47. The summed E-state index contributed by atoms with van der Waals surface area (Å²) >= 11 is 0. The molecule has 7 heteroatoms. The SMILES string of the molecule is CCNC(=NCc1ccc(OC)cc1OC)NCCCC(=O)N1CCc2ccccc2C1. The first-order valence-electron chi connectivity index (χ1n) is 11.2. The van der Waals surface area contributed by atoms with E-state index in [1.807, 2.05) is 36.1 Å². The fraction of sp³-hybridized carbons (Fsp3) is 0.440. The molecule has 1 aliphatic rings. The van der Waals surface area contributed by atoms with E-state index in [2.05, 4.69) is 33.8 Å². The molecule has 0 radical (unpaired) electrons. The van der Waals surface area contributed by atoms with Gasteiger partial charge in [-0.25, -0.2) is 4.99 Å². The van der Waals surface area contributed by atoms with Crippen LogP contribution in [-0.2, 0) is 24.3 Å². The highest BCUT2D eigenvalue weighted by Gasteiger charge is 2.19. The Bertz CT molecular complexity index is 929. The lowest BCUT2D eigenvalue weighted by atomic mass is 9.99. The highest BCUT2D eigenvalue weighted by atomic mass is 16.5. The van der Waals surface area contributed by atoms with Gasteiger partial charge in [0.2, 0.25) is 5.91 Å². The summed E-state index contributed by atoms with van der Waals surface area (Å²) in [5.74, 6) is 2.44. The van der Waals surface area contributed by atoms with E-state index in [-0.39, 0.29) is 5.91 Å². The van der Waals surface area contributed by atoms with Crippen LogP contribution in [0.3, 0.4) is 0 Å². The lowest BCUT2D eigenvalue weighted by Gasteiger charge is -2.29. The van der Waals surface area contributed by atoms with Crippen molar-refractivity contribution in [3.63, 3.8) is 0 Å². The molecule has 1 amide bonds. The molecule has 0 bridgehead atoms. The first kappa shape index (κ1) is 23.4. The van der Waals surface area contributed by atoms with E-state index in [4.69, 9.17) is 9.47 Å². The molecule has 2 N–H and O–H groups in total. The molecule has 7 nitrogen and oxygen atoms in total. The molecule has 0 saturated carbocycles. The Morgan fingerprint density at radius 1 is 1.09 bits per heavy atom. The van der Waals surface area contributed by atoms with Crippen LogP contribution < -0.4 is 20.1 Å². The molecule has 0 spiro atoms.